The maximum atomic E-state index is 14.6. The van der Waals surface area contributed by atoms with Crippen LogP contribution in [0, 0.1) is 17.5 Å². The van der Waals surface area contributed by atoms with Crippen molar-refractivity contribution >= 4 is 29.0 Å². The van der Waals surface area contributed by atoms with E-state index in [1.807, 2.05) is 53.4 Å². The number of rotatable bonds is 12. The number of nitrogens with zero attached hydrogens (tertiary/aromatic N) is 2. The molecular formula is C36H38ClF3N4O4. The van der Waals surface area contributed by atoms with Gasteiger partial charge in [0, 0.05) is 42.3 Å². The molecule has 0 radical (unpaired) electrons. The number of halogens is 4. The van der Waals surface area contributed by atoms with Crippen molar-refractivity contribution in [2.45, 2.75) is 62.8 Å². The third kappa shape index (κ3) is 7.39. The molecule has 2 bridgehead atoms. The Balaban J connectivity index is 1.24. The number of hydrogen-bond donors (Lipinski definition) is 3. The fraction of sp³-hybridized carbons (Fsp3) is 0.389. The molecule has 0 spiro atoms. The number of nitrogens with two attached hydrogens (primary N) is 1. The smallest absolute Gasteiger partial charge is 0.252 e. The zero-order valence-electron chi connectivity index (χ0n) is 26.3. The van der Waals surface area contributed by atoms with Gasteiger partial charge in [-0.3, -0.25) is 9.59 Å². The number of benzene rings is 3. The van der Waals surface area contributed by atoms with Gasteiger partial charge in [-0.05, 0) is 72.6 Å². The number of nitrogens with one attached hydrogen (secondary N) is 1. The maximum absolute atomic E-state index is 14.6. The van der Waals surface area contributed by atoms with Gasteiger partial charge in [0.1, 0.15) is 6.04 Å². The van der Waals surface area contributed by atoms with Crippen LogP contribution in [0.4, 0.5) is 13.2 Å². The summed E-state index contributed by atoms with van der Waals surface area (Å²) in [6.07, 6.45) is 3.27. The summed E-state index contributed by atoms with van der Waals surface area (Å²) in [5, 5.41) is 13.7. The lowest BCUT2D eigenvalue weighted by Gasteiger charge is -2.45. The number of piperazine rings is 1. The minimum absolute atomic E-state index is 0.00450. The maximum Gasteiger partial charge on any atom is 0.252 e. The molecule has 6 rings (SSSR count). The van der Waals surface area contributed by atoms with Crippen molar-refractivity contribution in [2.24, 2.45) is 5.73 Å². The number of amides is 2. The first-order valence-electron chi connectivity index (χ1n) is 16.2. The molecule has 3 aliphatic rings. The summed E-state index contributed by atoms with van der Waals surface area (Å²) in [6.45, 7) is 0.525. The van der Waals surface area contributed by atoms with Gasteiger partial charge in [0.25, 0.3) is 5.91 Å². The van der Waals surface area contributed by atoms with Crippen LogP contribution in [0.1, 0.15) is 42.4 Å². The zero-order valence-corrected chi connectivity index (χ0v) is 27.1. The molecule has 2 aliphatic heterocycles. The highest BCUT2D eigenvalue weighted by Crippen LogP contribution is 2.38. The van der Waals surface area contributed by atoms with Crippen molar-refractivity contribution in [1.29, 1.82) is 0 Å². The Kier molecular flexibility index (Phi) is 10.4. The molecule has 0 unspecified atom stereocenters. The summed E-state index contributed by atoms with van der Waals surface area (Å²) in [7, 11) is 0. The van der Waals surface area contributed by atoms with Crippen LogP contribution >= 0.6 is 11.6 Å². The third-order valence-electron chi connectivity index (χ3n) is 9.17. The van der Waals surface area contributed by atoms with Crippen LogP contribution in [0.2, 0.25) is 5.02 Å². The summed E-state index contributed by atoms with van der Waals surface area (Å²) in [5.41, 5.74) is 10.1. The van der Waals surface area contributed by atoms with Crippen molar-refractivity contribution < 1.29 is 32.6 Å². The van der Waals surface area contributed by atoms with E-state index in [-0.39, 0.29) is 37.0 Å². The first-order chi connectivity index (χ1) is 23.1. The summed E-state index contributed by atoms with van der Waals surface area (Å²) >= 11 is 6.51. The van der Waals surface area contributed by atoms with Gasteiger partial charge in [-0.1, -0.05) is 54.1 Å². The lowest BCUT2D eigenvalue weighted by molar-refractivity contribution is -0.136. The van der Waals surface area contributed by atoms with Gasteiger partial charge in [0.2, 0.25) is 11.7 Å². The minimum Gasteiger partial charge on any atom is -0.488 e. The predicted octanol–water partition coefficient (Wildman–Crippen LogP) is 4.61. The Morgan fingerprint density at radius 3 is 2.48 bits per heavy atom. The lowest BCUT2D eigenvalue weighted by atomic mass is 9.82. The number of carbonyl (C=O) groups excluding carboxylic acids is 2. The van der Waals surface area contributed by atoms with Crippen molar-refractivity contribution in [2.75, 3.05) is 26.3 Å². The van der Waals surface area contributed by atoms with Crippen LogP contribution in [0.25, 0.3) is 5.57 Å². The van der Waals surface area contributed by atoms with Crippen LogP contribution in [-0.2, 0) is 22.6 Å². The quantitative estimate of drug-likeness (QED) is 0.190. The Morgan fingerprint density at radius 2 is 1.77 bits per heavy atom. The molecule has 2 heterocycles. The van der Waals surface area contributed by atoms with Crippen LogP contribution < -0.4 is 15.8 Å². The van der Waals surface area contributed by atoms with Gasteiger partial charge in [0.05, 0.1) is 19.3 Å². The number of carbonyl (C=O) groups is 2. The molecule has 8 nitrogen and oxygen atoms in total. The Hall–Kier alpha value is -3.90. The molecule has 1 saturated heterocycles. The van der Waals surface area contributed by atoms with E-state index in [4.69, 9.17) is 22.1 Å². The topological polar surface area (TPSA) is 108 Å². The van der Waals surface area contributed by atoms with Gasteiger partial charge in [-0.15, -0.1) is 0 Å². The van der Waals surface area contributed by atoms with Crippen LogP contribution in [0.5, 0.6) is 5.75 Å². The second-order valence-corrected chi connectivity index (χ2v) is 13.0. The SMILES string of the molecule is N[C@@H](CO)C(=O)N1C[C@H]2CC(c3ccc(CCCOc4c(F)ccc(F)c4F)cc3)=C(C(=O)N(Cc3ccccc3Cl)C3CC3)[C@@H](C1)N2. The van der Waals surface area contributed by atoms with E-state index in [1.54, 1.807) is 4.90 Å². The molecule has 2 fully saturated rings. The number of hydrogen-bond acceptors (Lipinski definition) is 6. The molecule has 12 heteroatoms. The van der Waals surface area contributed by atoms with E-state index in [0.29, 0.717) is 49.0 Å². The van der Waals surface area contributed by atoms with Crippen LogP contribution in [0.3, 0.4) is 0 Å². The van der Waals surface area contributed by atoms with Crippen molar-refractivity contribution in [3.05, 3.63) is 105 Å². The van der Waals surface area contributed by atoms with Crippen LogP contribution in [-0.4, -0.2) is 77.2 Å². The second kappa shape index (κ2) is 14.7. The molecule has 3 atom stereocenters. The Labute approximate surface area is 282 Å². The summed E-state index contributed by atoms with van der Waals surface area (Å²) in [5.74, 6) is -4.66. The number of ether oxygens (including phenoxy) is 1. The first-order valence-corrected chi connectivity index (χ1v) is 16.6. The standard InChI is InChI=1S/C36H38ClF3N4O4/c37-27-6-2-1-5-23(27)17-44(25-11-12-25)36(47)32-26(16-24-18-43(19-31(32)42-24)35(46)30(41)20-45)22-9-7-21(8-10-22)4-3-15-48-34-29(39)14-13-28(38)33(34)40/h1-2,5-10,13-14,24-25,30-31,42,45H,3-4,11-12,15-20,41H2/t24-,30+,31-/m1/s1. The highest BCUT2D eigenvalue weighted by molar-refractivity contribution is 6.31. The Morgan fingerprint density at radius 1 is 1.04 bits per heavy atom. The molecule has 1 saturated carbocycles. The summed E-state index contributed by atoms with van der Waals surface area (Å²) in [6, 6.07) is 15.3. The monoisotopic (exact) mass is 682 g/mol. The van der Waals surface area contributed by atoms with E-state index < -0.39 is 41.9 Å². The highest BCUT2D eigenvalue weighted by atomic mass is 35.5. The zero-order chi connectivity index (χ0) is 33.9. The molecule has 3 aromatic carbocycles. The number of aliphatic hydroxyl groups excluding tert-OH is 1. The third-order valence-corrected chi connectivity index (χ3v) is 9.54. The summed E-state index contributed by atoms with van der Waals surface area (Å²) < 4.78 is 46.5. The fourth-order valence-electron chi connectivity index (χ4n) is 6.54. The highest BCUT2D eigenvalue weighted by Gasteiger charge is 2.43. The minimum atomic E-state index is -1.35. The van der Waals surface area contributed by atoms with Gasteiger partial charge in [0.15, 0.2) is 17.4 Å². The predicted molar refractivity (Wildman–Crippen MR) is 175 cm³/mol. The average Bonchev–Trinajstić information content (AvgIpc) is 3.94. The van der Waals surface area contributed by atoms with Gasteiger partial charge < -0.3 is 30.7 Å². The number of aliphatic hydroxyl groups is 1. The van der Waals surface area contributed by atoms with Crippen molar-refractivity contribution in [1.82, 2.24) is 15.1 Å². The number of fused-ring (bicyclic) bond motifs is 2. The molecule has 0 aromatic heterocycles. The van der Waals surface area contributed by atoms with E-state index >= 15 is 0 Å². The van der Waals surface area contributed by atoms with E-state index in [2.05, 4.69) is 5.32 Å². The lowest BCUT2D eigenvalue weighted by Crippen LogP contribution is -2.64. The van der Waals surface area contributed by atoms with E-state index in [1.165, 1.54) is 0 Å². The van der Waals surface area contributed by atoms with Gasteiger partial charge in [-0.2, -0.15) is 4.39 Å². The van der Waals surface area contributed by atoms with Gasteiger partial charge in [-0.25, -0.2) is 8.78 Å². The van der Waals surface area contributed by atoms with E-state index in [9.17, 15) is 27.9 Å². The largest absolute Gasteiger partial charge is 0.488 e. The van der Waals surface area contributed by atoms with Crippen molar-refractivity contribution in [3.8, 4) is 5.75 Å². The fourth-order valence-corrected chi connectivity index (χ4v) is 6.74. The second-order valence-electron chi connectivity index (χ2n) is 12.6. The Bertz CT molecular complexity index is 1700. The number of aryl methyl sites for hydroxylation is 1. The summed E-state index contributed by atoms with van der Waals surface area (Å²) in [4.78, 5) is 31.1. The normalized spacial score (nSPS) is 19.7. The molecule has 2 amide bonds. The molecule has 48 heavy (non-hydrogen) atoms. The molecule has 4 N–H and O–H groups in total. The first kappa shape index (κ1) is 34.0. The van der Waals surface area contributed by atoms with Gasteiger partial charge >= 0.3 is 0 Å². The molecule has 254 valence electrons. The molecular weight excluding hydrogens is 645 g/mol. The van der Waals surface area contributed by atoms with Crippen molar-refractivity contribution in [3.63, 3.8) is 0 Å². The molecule has 3 aromatic rings. The molecule has 1 aliphatic carbocycles. The van der Waals surface area contributed by atoms with E-state index in [0.717, 1.165) is 41.2 Å². The average molecular weight is 683 g/mol. The van der Waals surface area contributed by atoms with Crippen LogP contribution in [0.15, 0.2) is 66.2 Å².